The van der Waals surface area contributed by atoms with E-state index in [1.807, 2.05) is 0 Å². The van der Waals surface area contributed by atoms with Gasteiger partial charge in [0.05, 0.1) is 27.2 Å². The summed E-state index contributed by atoms with van der Waals surface area (Å²) in [7, 11) is 2.12. The highest BCUT2D eigenvalue weighted by atomic mass is 79.9. The van der Waals surface area contributed by atoms with Crippen LogP contribution in [0.25, 0.3) is 0 Å². The fraction of sp³-hybridized carbons (Fsp3) is 0.400. The quantitative estimate of drug-likeness (QED) is 0.132. The second-order valence-corrected chi connectivity index (χ2v) is 13.2. The van der Waals surface area contributed by atoms with Gasteiger partial charge in [-0.1, -0.05) is 124 Å². The number of rotatable bonds is 14. The van der Waals surface area contributed by atoms with Gasteiger partial charge in [-0.25, -0.2) is 0 Å². The molecule has 0 heterocycles. The summed E-state index contributed by atoms with van der Waals surface area (Å²) in [6.07, 6.45) is 8.09. The Balaban J connectivity index is 0.00000408. The normalized spacial score (nSPS) is 11.7. The molecule has 0 saturated carbocycles. The van der Waals surface area contributed by atoms with Crippen molar-refractivity contribution in [2.75, 3.05) is 33.8 Å². The van der Waals surface area contributed by atoms with Crippen LogP contribution in [-0.2, 0) is 4.43 Å². The van der Waals surface area contributed by atoms with Crippen LogP contribution in [0, 0.1) is 0 Å². The van der Waals surface area contributed by atoms with Crippen LogP contribution in [0.1, 0.15) is 45.4 Å². The first-order chi connectivity index (χ1) is 16.1. The lowest BCUT2D eigenvalue weighted by Gasteiger charge is -2.35. The average molecular weight is 541 g/mol. The topological polar surface area (TPSA) is 9.23 Å². The Hall–Kier alpha value is -1.72. The predicted molar refractivity (Wildman–Crippen MR) is 145 cm³/mol. The molecule has 0 aliphatic carbocycles. The maximum absolute atomic E-state index is 7.11. The molecule has 0 aliphatic rings. The van der Waals surface area contributed by atoms with Gasteiger partial charge < -0.3 is 25.9 Å². The third kappa shape index (κ3) is 7.91. The number of likely N-dealkylation sites (N-methyl/N-ethyl adjacent to an activating group) is 1. The van der Waals surface area contributed by atoms with E-state index in [-0.39, 0.29) is 17.0 Å². The Morgan fingerprint density at radius 2 is 1.00 bits per heavy atom. The smallest absolute Gasteiger partial charge is 0.288 e. The zero-order chi connectivity index (χ0) is 23.4. The Kier molecular flexibility index (Phi) is 12.3. The molecular weight excluding hydrogens is 498 g/mol. The maximum Gasteiger partial charge on any atom is 0.288 e. The Morgan fingerprint density at radius 1 is 0.588 bits per heavy atom. The van der Waals surface area contributed by atoms with Crippen LogP contribution in [0.2, 0.25) is 0 Å². The molecule has 34 heavy (non-hydrogen) atoms. The molecule has 184 valence electrons. The molecule has 2 nitrogen and oxygen atoms in total. The van der Waals surface area contributed by atoms with E-state index in [0.29, 0.717) is 0 Å². The van der Waals surface area contributed by atoms with E-state index < -0.39 is 8.32 Å². The lowest BCUT2D eigenvalue weighted by atomic mass is 10.1. The summed E-state index contributed by atoms with van der Waals surface area (Å²) < 4.78 is 8.12. The van der Waals surface area contributed by atoms with E-state index >= 15 is 0 Å². The van der Waals surface area contributed by atoms with Gasteiger partial charge in [0.25, 0.3) is 8.32 Å². The highest BCUT2D eigenvalue weighted by Gasteiger charge is 2.42. The minimum atomic E-state index is -2.59. The summed E-state index contributed by atoms with van der Waals surface area (Å²) >= 11 is 0. The van der Waals surface area contributed by atoms with Crippen molar-refractivity contribution in [3.63, 3.8) is 0 Å². The van der Waals surface area contributed by atoms with Gasteiger partial charge in [0.2, 0.25) is 0 Å². The molecule has 0 bridgehead atoms. The molecule has 0 aromatic heterocycles. The second-order valence-electron chi connectivity index (χ2n) is 9.78. The molecule has 0 unspecified atom stereocenters. The van der Waals surface area contributed by atoms with Crippen LogP contribution >= 0.6 is 0 Å². The summed E-state index contributed by atoms with van der Waals surface area (Å²) in [5, 5.41) is 3.93. The molecule has 0 N–H and O–H groups in total. The van der Waals surface area contributed by atoms with Crippen molar-refractivity contribution in [2.24, 2.45) is 0 Å². The molecule has 0 atom stereocenters. The Labute approximate surface area is 219 Å². The zero-order valence-electron chi connectivity index (χ0n) is 21.3. The van der Waals surface area contributed by atoms with Gasteiger partial charge >= 0.3 is 0 Å². The number of nitrogens with zero attached hydrogens (tertiary/aromatic N) is 1. The molecule has 0 spiro atoms. The third-order valence-corrected chi connectivity index (χ3v) is 10.7. The number of benzene rings is 3. The fourth-order valence-corrected chi connectivity index (χ4v) is 8.53. The van der Waals surface area contributed by atoms with Crippen LogP contribution in [0.5, 0.6) is 0 Å². The van der Waals surface area contributed by atoms with Crippen molar-refractivity contribution in [2.45, 2.75) is 45.4 Å². The van der Waals surface area contributed by atoms with Crippen molar-refractivity contribution in [3.05, 3.63) is 91.0 Å². The number of hydrogen-bond donors (Lipinski definition) is 0. The monoisotopic (exact) mass is 539 g/mol. The standard InChI is InChI=1S/C30H42NOSi.BrH/c1-4-5-6-7-8-18-25-31(2,3)26-27-32-33(28-19-12-9-13-20-28,29-21-14-10-15-22-29)30-23-16-11-17-24-30;/h9-17,19-24H,4-8,18,25-27H2,1-3H3;1H/q+1;/p-1. The van der Waals surface area contributed by atoms with E-state index in [1.54, 1.807) is 0 Å². The number of quaternary nitrogens is 1. The van der Waals surface area contributed by atoms with Crippen LogP contribution in [0.15, 0.2) is 91.0 Å². The second kappa shape index (κ2) is 14.6. The van der Waals surface area contributed by atoms with Gasteiger partial charge in [-0.15, -0.1) is 0 Å². The van der Waals surface area contributed by atoms with Crippen LogP contribution in [-0.4, -0.2) is 46.6 Å². The van der Waals surface area contributed by atoms with Gasteiger partial charge in [-0.2, -0.15) is 0 Å². The van der Waals surface area contributed by atoms with Gasteiger partial charge in [0.15, 0.2) is 0 Å². The molecule has 3 rings (SSSR count). The highest BCUT2D eigenvalue weighted by Crippen LogP contribution is 2.12. The van der Waals surface area contributed by atoms with Gasteiger partial charge in [0.1, 0.15) is 6.54 Å². The van der Waals surface area contributed by atoms with Crippen LogP contribution in [0.3, 0.4) is 0 Å². The van der Waals surface area contributed by atoms with Crippen molar-refractivity contribution < 1.29 is 25.9 Å². The van der Waals surface area contributed by atoms with Crippen molar-refractivity contribution in [1.82, 2.24) is 0 Å². The van der Waals surface area contributed by atoms with E-state index in [0.717, 1.165) is 17.6 Å². The molecule has 0 radical (unpaired) electrons. The fourth-order valence-electron chi connectivity index (χ4n) is 4.65. The summed E-state index contributed by atoms with van der Waals surface area (Å²) in [5.74, 6) is 0. The predicted octanol–water partition coefficient (Wildman–Crippen LogP) is 2.11. The Bertz CT molecular complexity index is 822. The lowest BCUT2D eigenvalue weighted by Crippen LogP contribution is -3.00. The number of halogens is 1. The minimum absolute atomic E-state index is 0. The summed E-state index contributed by atoms with van der Waals surface area (Å²) in [5.41, 5.74) is 0. The van der Waals surface area contributed by atoms with Crippen molar-refractivity contribution >= 4 is 23.9 Å². The first kappa shape index (κ1) is 28.5. The van der Waals surface area contributed by atoms with Crippen molar-refractivity contribution in [3.8, 4) is 0 Å². The van der Waals surface area contributed by atoms with E-state index in [4.69, 9.17) is 4.43 Å². The van der Waals surface area contributed by atoms with Gasteiger partial charge in [0, 0.05) is 0 Å². The minimum Gasteiger partial charge on any atom is -1.00 e. The first-order valence-corrected chi connectivity index (χ1v) is 14.6. The SMILES string of the molecule is CCCCCCCC[N+](C)(C)CCO[Si](c1ccccc1)(c1ccccc1)c1ccccc1.[Br-]. The Morgan fingerprint density at radius 3 is 1.44 bits per heavy atom. The van der Waals surface area contributed by atoms with Crippen molar-refractivity contribution in [1.29, 1.82) is 0 Å². The molecule has 0 aliphatic heterocycles. The molecule has 0 saturated heterocycles. The van der Waals surface area contributed by atoms with Crippen LogP contribution in [0.4, 0.5) is 0 Å². The first-order valence-electron chi connectivity index (χ1n) is 12.7. The van der Waals surface area contributed by atoms with Crippen LogP contribution < -0.4 is 32.5 Å². The summed E-state index contributed by atoms with van der Waals surface area (Å²) in [4.78, 5) is 0. The van der Waals surface area contributed by atoms with Gasteiger partial charge in [-0.3, -0.25) is 0 Å². The van der Waals surface area contributed by atoms with E-state index in [2.05, 4.69) is 112 Å². The average Bonchev–Trinajstić information content (AvgIpc) is 2.86. The van der Waals surface area contributed by atoms with E-state index in [9.17, 15) is 0 Å². The number of hydrogen-bond acceptors (Lipinski definition) is 1. The third-order valence-electron chi connectivity index (χ3n) is 6.67. The molecule has 3 aromatic rings. The van der Waals surface area contributed by atoms with E-state index in [1.165, 1.54) is 60.6 Å². The zero-order valence-corrected chi connectivity index (χ0v) is 23.8. The summed E-state index contributed by atoms with van der Waals surface area (Å²) in [6, 6.07) is 32.7. The molecule has 3 aromatic carbocycles. The molecular formula is C30H42BrNOSi. The molecule has 4 heteroatoms. The summed E-state index contributed by atoms with van der Waals surface area (Å²) in [6.45, 7) is 5.28. The molecule has 0 amide bonds. The largest absolute Gasteiger partial charge is 1.00 e. The lowest BCUT2D eigenvalue weighted by molar-refractivity contribution is -0.890. The maximum atomic E-state index is 7.11. The number of unbranched alkanes of at least 4 members (excludes halogenated alkanes) is 5. The molecule has 0 fully saturated rings. The van der Waals surface area contributed by atoms with Gasteiger partial charge in [-0.05, 0) is 28.4 Å². The highest BCUT2D eigenvalue weighted by molar-refractivity contribution is 7.07.